The Kier molecular flexibility index (Phi) is 15.9. The summed E-state index contributed by atoms with van der Waals surface area (Å²) in [7, 11) is 1.08. The summed E-state index contributed by atoms with van der Waals surface area (Å²) in [6.07, 6.45) is 13.6. The quantitative estimate of drug-likeness (QED) is 0.246. The first-order chi connectivity index (χ1) is 11.3. The van der Waals surface area contributed by atoms with Crippen LogP contribution in [0.4, 0.5) is 0 Å². The molecule has 3 heteroatoms. The average Bonchev–Trinajstić information content (AvgIpc) is 3.07. The van der Waals surface area contributed by atoms with Crippen molar-refractivity contribution in [2.24, 2.45) is 5.41 Å². The number of ether oxygens (including phenoxy) is 1. The van der Waals surface area contributed by atoms with Crippen LogP contribution in [0.3, 0.4) is 0 Å². The van der Waals surface area contributed by atoms with Gasteiger partial charge in [-0.25, -0.2) is 12.2 Å². The molecule has 0 fully saturated rings. The van der Waals surface area contributed by atoms with Gasteiger partial charge in [0.1, 0.15) is 5.75 Å². The smallest absolute Gasteiger partial charge is 0.126 e. The molecule has 0 N–H and O–H groups in total. The minimum Gasteiger partial charge on any atom is -0.465 e. The van der Waals surface area contributed by atoms with E-state index in [1.54, 1.807) is 6.26 Å². The Morgan fingerprint density at radius 1 is 1.28 bits per heavy atom. The third-order valence-electron chi connectivity index (χ3n) is 2.98. The molecule has 1 nitrogen and oxygen atoms in total. The third-order valence-corrected chi connectivity index (χ3v) is 2.98. The second-order valence-electron chi connectivity index (χ2n) is 6.46. The van der Waals surface area contributed by atoms with Gasteiger partial charge in [-0.3, -0.25) is 6.08 Å². The molecule has 0 saturated carbocycles. The molecule has 0 aromatic heterocycles. The second kappa shape index (κ2) is 15.2. The largest absolute Gasteiger partial charge is 0.465 e. The van der Waals surface area contributed by atoms with Crippen LogP contribution >= 0.6 is 0 Å². The zero-order chi connectivity index (χ0) is 18.4. The molecular weight excluding hydrogens is 356 g/mol. The third kappa shape index (κ3) is 13.8. The Labute approximate surface area is 172 Å². The van der Waals surface area contributed by atoms with E-state index in [4.69, 9.17) is 4.74 Å². The molecule has 0 aliphatic heterocycles. The van der Waals surface area contributed by atoms with Gasteiger partial charge in [-0.1, -0.05) is 58.7 Å². The van der Waals surface area contributed by atoms with Gasteiger partial charge in [-0.2, -0.15) is 6.08 Å². The Hall–Kier alpha value is -1.09. The normalized spacial score (nSPS) is 12.2. The molecule has 1 aliphatic carbocycles. The fourth-order valence-electron chi connectivity index (χ4n) is 1.69. The van der Waals surface area contributed by atoms with Crippen molar-refractivity contribution in [2.45, 2.75) is 47.2 Å². The number of benzene rings is 1. The Bertz CT molecular complexity index is 556. The van der Waals surface area contributed by atoms with E-state index in [0.29, 0.717) is 0 Å². The number of hydrogen-bond donors (Lipinski definition) is 0. The first kappa shape index (κ1) is 26.1. The van der Waals surface area contributed by atoms with Gasteiger partial charge in [0.2, 0.25) is 0 Å². The van der Waals surface area contributed by atoms with Crippen molar-refractivity contribution < 1.29 is 26.5 Å². The van der Waals surface area contributed by atoms with E-state index in [2.05, 4.69) is 65.6 Å². The van der Waals surface area contributed by atoms with Crippen molar-refractivity contribution in [3.63, 3.8) is 0 Å². The van der Waals surface area contributed by atoms with Crippen molar-refractivity contribution in [1.29, 1.82) is 0 Å². The monoisotopic (exact) mass is 387 g/mol. The maximum Gasteiger partial charge on any atom is 0.126 e. The van der Waals surface area contributed by atoms with Gasteiger partial charge in [0.25, 0.3) is 0 Å². The van der Waals surface area contributed by atoms with Crippen LogP contribution in [0.1, 0.15) is 32.8 Å². The molecule has 0 unspecified atom stereocenters. The van der Waals surface area contributed by atoms with Crippen LogP contribution in [0.15, 0.2) is 67.0 Å². The van der Waals surface area contributed by atoms with Gasteiger partial charge in [0, 0.05) is 31.2 Å². The summed E-state index contributed by atoms with van der Waals surface area (Å²) >= 11 is 0. The van der Waals surface area contributed by atoms with Crippen LogP contribution in [-0.4, -0.2) is 9.52 Å². The Morgan fingerprint density at radius 3 is 2.28 bits per heavy atom. The van der Waals surface area contributed by atoms with Crippen molar-refractivity contribution in [3.05, 3.63) is 78.6 Å². The molecular formula is C22H31OSiTi-. The van der Waals surface area contributed by atoms with Crippen molar-refractivity contribution in [1.82, 2.24) is 0 Å². The summed E-state index contributed by atoms with van der Waals surface area (Å²) in [5.41, 5.74) is 2.35. The minimum absolute atomic E-state index is 0. The van der Waals surface area contributed by atoms with Crippen LogP contribution in [0.25, 0.3) is 0 Å². The second-order valence-corrected chi connectivity index (χ2v) is 7.46. The Balaban J connectivity index is 0. The molecule has 0 bridgehead atoms. The van der Waals surface area contributed by atoms with Gasteiger partial charge < -0.3 is 4.74 Å². The van der Waals surface area contributed by atoms with Crippen LogP contribution in [-0.2, 0) is 21.7 Å². The van der Waals surface area contributed by atoms with E-state index in [9.17, 15) is 0 Å². The van der Waals surface area contributed by atoms with E-state index >= 15 is 0 Å². The molecule has 0 spiro atoms. The molecule has 0 heterocycles. The van der Waals surface area contributed by atoms with Crippen LogP contribution in [0.5, 0.6) is 5.75 Å². The molecule has 0 atom stereocenters. The van der Waals surface area contributed by atoms with E-state index in [1.807, 2.05) is 36.4 Å². The molecule has 2 rings (SSSR count). The maximum atomic E-state index is 5.63. The molecule has 1 aromatic rings. The van der Waals surface area contributed by atoms with E-state index in [-0.39, 0.29) is 27.1 Å². The molecule has 2 radical (unpaired) electrons. The summed E-state index contributed by atoms with van der Waals surface area (Å²) in [5.74, 6) is 0.864. The van der Waals surface area contributed by atoms with Gasteiger partial charge in [-0.15, -0.1) is 6.42 Å². The molecule has 25 heavy (non-hydrogen) atoms. The molecule has 1 aliphatic rings. The molecule has 0 saturated heterocycles. The van der Waals surface area contributed by atoms with Gasteiger partial charge in [0.15, 0.2) is 0 Å². The molecule has 1 aromatic carbocycles. The van der Waals surface area contributed by atoms with Crippen molar-refractivity contribution in [3.8, 4) is 5.75 Å². The predicted octanol–water partition coefficient (Wildman–Crippen LogP) is 6.58. The van der Waals surface area contributed by atoms with E-state index < -0.39 is 0 Å². The van der Waals surface area contributed by atoms with E-state index in [0.717, 1.165) is 27.3 Å². The summed E-state index contributed by atoms with van der Waals surface area (Å²) in [6, 6.07) is 8.00. The topological polar surface area (TPSA) is 9.23 Å². The number of allylic oxidation sites excluding steroid dienone is 6. The minimum atomic E-state index is 0. The number of rotatable bonds is 3. The number of hydrogen-bond acceptors (Lipinski definition) is 1. The zero-order valence-corrected chi connectivity index (χ0v) is 19.1. The van der Waals surface area contributed by atoms with Gasteiger partial charge in [-0.05, 0) is 35.6 Å². The van der Waals surface area contributed by atoms with Gasteiger partial charge >= 0.3 is 0 Å². The van der Waals surface area contributed by atoms with E-state index in [1.165, 1.54) is 5.56 Å². The molecule has 0 amide bonds. The zero-order valence-electron chi connectivity index (χ0n) is 16.5. The van der Waals surface area contributed by atoms with Gasteiger partial charge in [0.05, 0.1) is 6.26 Å². The Morgan fingerprint density at radius 2 is 1.92 bits per heavy atom. The first-order valence-electron chi connectivity index (χ1n) is 8.21. The standard InChI is InChI=1S/C15H20O.C5H5.C2H6Si.Ti/c1-6-13(15(3,4)5)11-16-14-9-7-8-12(2)10-14;1-2-4-5-3-1;1-3-2;/h6-11H,1H2,2-5H3;1-3H,4H2;1-2H3;/q;-1;;. The molecule has 134 valence electrons. The average molecular weight is 387 g/mol. The maximum absolute atomic E-state index is 5.63. The SMILES string of the molecule is C=CC(=COc1cccc(C)c1)C(C)(C)C.C[Si]C.[C-]1=CC=CC1.[Ti]. The van der Waals surface area contributed by atoms with Crippen LogP contribution in [0, 0.1) is 18.4 Å². The fraction of sp³-hybridized carbons (Fsp3) is 0.364. The van der Waals surface area contributed by atoms with Crippen molar-refractivity contribution in [2.75, 3.05) is 0 Å². The number of aryl methyl sites for hydroxylation is 1. The fourth-order valence-corrected chi connectivity index (χ4v) is 1.69. The first-order valence-corrected chi connectivity index (χ1v) is 10.2. The summed E-state index contributed by atoms with van der Waals surface area (Å²) in [5, 5.41) is 0. The summed E-state index contributed by atoms with van der Waals surface area (Å²) < 4.78 is 5.63. The van der Waals surface area contributed by atoms with Crippen molar-refractivity contribution >= 4 is 9.52 Å². The predicted molar refractivity (Wildman–Crippen MR) is 109 cm³/mol. The van der Waals surface area contributed by atoms with Crippen LogP contribution < -0.4 is 4.74 Å². The van der Waals surface area contributed by atoms with Crippen LogP contribution in [0.2, 0.25) is 13.1 Å². The summed E-state index contributed by atoms with van der Waals surface area (Å²) in [4.78, 5) is 0. The summed E-state index contributed by atoms with van der Waals surface area (Å²) in [6.45, 7) is 16.6.